The molecule has 0 bridgehead atoms. The zero-order valence-electron chi connectivity index (χ0n) is 17.7. The van der Waals surface area contributed by atoms with Crippen LogP contribution in [0.5, 0.6) is 0 Å². The molecule has 0 aromatic carbocycles. The van der Waals surface area contributed by atoms with E-state index < -0.39 is 54.1 Å². The van der Waals surface area contributed by atoms with Crippen LogP contribution in [0.3, 0.4) is 0 Å². The Morgan fingerprint density at radius 3 is 2.34 bits per heavy atom. The average molecular weight is 417 g/mol. The molecule has 2 heterocycles. The fourth-order valence-corrected chi connectivity index (χ4v) is 3.63. The number of hydrogen-bond donors (Lipinski definition) is 5. The van der Waals surface area contributed by atoms with Gasteiger partial charge in [0.25, 0.3) is 0 Å². The van der Waals surface area contributed by atoms with Crippen molar-refractivity contribution in [2.24, 2.45) is 0 Å². The first-order valence-corrected chi connectivity index (χ1v) is 10.0. The fourth-order valence-electron chi connectivity index (χ4n) is 3.63. The summed E-state index contributed by atoms with van der Waals surface area (Å²) in [7, 11) is 0. The minimum atomic E-state index is -1.50. The van der Waals surface area contributed by atoms with E-state index in [1.807, 2.05) is 19.1 Å². The highest BCUT2D eigenvalue weighted by Gasteiger charge is 2.46. The highest BCUT2D eigenvalue weighted by molar-refractivity contribution is 5.09. The molecule has 0 spiro atoms. The van der Waals surface area contributed by atoms with Gasteiger partial charge in [-0.15, -0.1) is 6.58 Å². The van der Waals surface area contributed by atoms with Crippen molar-refractivity contribution < 1.29 is 39.7 Å². The van der Waals surface area contributed by atoms with Crippen LogP contribution in [-0.2, 0) is 14.2 Å². The Bertz CT molecular complexity index is 586. The van der Waals surface area contributed by atoms with Crippen LogP contribution in [0.15, 0.2) is 24.8 Å². The molecule has 2 aliphatic rings. The molecule has 8 nitrogen and oxygen atoms in total. The van der Waals surface area contributed by atoms with Gasteiger partial charge < -0.3 is 39.7 Å². The van der Waals surface area contributed by atoms with Crippen LogP contribution in [0.4, 0.5) is 0 Å². The van der Waals surface area contributed by atoms with Crippen molar-refractivity contribution in [2.45, 2.75) is 101 Å². The molecular formula is C21H36O8. The molecule has 8 heteroatoms. The third kappa shape index (κ3) is 5.86. The van der Waals surface area contributed by atoms with Crippen molar-refractivity contribution in [1.29, 1.82) is 0 Å². The van der Waals surface area contributed by atoms with Gasteiger partial charge in [0.05, 0.1) is 29.5 Å². The van der Waals surface area contributed by atoms with Crippen molar-refractivity contribution in [3.05, 3.63) is 24.8 Å². The van der Waals surface area contributed by atoms with Gasteiger partial charge in [-0.3, -0.25) is 0 Å². The SMILES string of the molecule is C=C[C@](C)(C/C=C\[C@@]1(C)CC[C@@H](C(C)(C)O)O1)O[C@@H]1O[C@H](CO)[C@@H](O)[C@H](O)[C@H]1O. The van der Waals surface area contributed by atoms with Crippen molar-refractivity contribution >= 4 is 0 Å². The van der Waals surface area contributed by atoms with Gasteiger partial charge in [0.15, 0.2) is 6.29 Å². The minimum absolute atomic E-state index is 0.242. The molecule has 2 fully saturated rings. The number of rotatable bonds is 8. The Kier molecular flexibility index (Phi) is 7.68. The Morgan fingerprint density at radius 1 is 1.17 bits per heavy atom. The lowest BCUT2D eigenvalue weighted by Gasteiger charge is -2.42. The molecule has 29 heavy (non-hydrogen) atoms. The number of ether oxygens (including phenoxy) is 3. The first kappa shape index (κ1) is 24.4. The summed E-state index contributed by atoms with van der Waals surface area (Å²) in [6.45, 7) is 10.4. The Hall–Kier alpha value is -0.840. The van der Waals surface area contributed by atoms with Crippen LogP contribution >= 0.6 is 0 Å². The highest BCUT2D eigenvalue weighted by atomic mass is 16.7. The minimum Gasteiger partial charge on any atom is -0.394 e. The van der Waals surface area contributed by atoms with Gasteiger partial charge in [0.1, 0.15) is 24.4 Å². The molecular weight excluding hydrogens is 380 g/mol. The van der Waals surface area contributed by atoms with Gasteiger partial charge in [-0.05, 0) is 47.0 Å². The summed E-state index contributed by atoms with van der Waals surface area (Å²) in [6, 6.07) is 0. The van der Waals surface area contributed by atoms with E-state index in [4.69, 9.17) is 14.2 Å². The van der Waals surface area contributed by atoms with Crippen molar-refractivity contribution in [1.82, 2.24) is 0 Å². The Morgan fingerprint density at radius 2 is 1.83 bits per heavy atom. The third-order valence-electron chi connectivity index (χ3n) is 5.76. The predicted molar refractivity (Wildman–Crippen MR) is 106 cm³/mol. The summed E-state index contributed by atoms with van der Waals surface area (Å²) < 4.78 is 17.3. The van der Waals surface area contributed by atoms with Crippen molar-refractivity contribution in [3.8, 4) is 0 Å². The van der Waals surface area contributed by atoms with Crippen LogP contribution in [-0.4, -0.2) is 85.8 Å². The van der Waals surface area contributed by atoms with E-state index in [1.54, 1.807) is 26.8 Å². The maximum absolute atomic E-state index is 10.2. The average Bonchev–Trinajstić information content (AvgIpc) is 3.05. The predicted octanol–water partition coefficient (Wildman–Crippen LogP) is 0.402. The van der Waals surface area contributed by atoms with E-state index in [0.717, 1.165) is 12.8 Å². The van der Waals surface area contributed by atoms with Crippen LogP contribution in [0.25, 0.3) is 0 Å². The Labute approximate surface area is 172 Å². The quantitative estimate of drug-likeness (QED) is 0.360. The molecule has 0 aromatic rings. The van der Waals surface area contributed by atoms with Gasteiger partial charge >= 0.3 is 0 Å². The van der Waals surface area contributed by atoms with Crippen molar-refractivity contribution in [2.75, 3.05) is 6.61 Å². The summed E-state index contributed by atoms with van der Waals surface area (Å²) in [5.41, 5.74) is -2.35. The fraction of sp³-hybridized carbons (Fsp3) is 0.810. The summed E-state index contributed by atoms with van der Waals surface area (Å²) in [4.78, 5) is 0. The molecule has 0 amide bonds. The molecule has 2 saturated heterocycles. The second-order valence-corrected chi connectivity index (χ2v) is 9.05. The summed E-state index contributed by atoms with van der Waals surface area (Å²) in [5, 5.41) is 49.5. The van der Waals surface area contributed by atoms with E-state index in [9.17, 15) is 25.5 Å². The van der Waals surface area contributed by atoms with E-state index in [1.165, 1.54) is 0 Å². The standard InChI is InChI=1S/C21H36O8/c1-6-20(4,29-18-17(25)16(24)15(23)13(12-22)27-18)9-7-10-21(5)11-8-14(28-21)19(2,3)26/h6-7,10,13-18,22-26H,1,8-9,11-12H2,2-5H3/b10-7-/t13-,14+,15-,16+,17-,18+,20-,21+/m1/s1. The molecule has 0 radical (unpaired) electrons. The molecule has 2 aliphatic heterocycles. The second-order valence-electron chi connectivity index (χ2n) is 9.05. The first-order valence-electron chi connectivity index (χ1n) is 10.0. The van der Waals surface area contributed by atoms with E-state index in [-0.39, 0.29) is 6.10 Å². The van der Waals surface area contributed by atoms with Gasteiger partial charge in [-0.2, -0.15) is 0 Å². The number of aliphatic hydroxyl groups is 5. The topological polar surface area (TPSA) is 129 Å². The largest absolute Gasteiger partial charge is 0.394 e. The van der Waals surface area contributed by atoms with E-state index >= 15 is 0 Å². The van der Waals surface area contributed by atoms with Crippen LogP contribution in [0, 0.1) is 0 Å². The van der Waals surface area contributed by atoms with Crippen LogP contribution in [0.1, 0.15) is 47.0 Å². The molecule has 168 valence electrons. The molecule has 0 aromatic heterocycles. The van der Waals surface area contributed by atoms with Gasteiger partial charge in [0.2, 0.25) is 0 Å². The van der Waals surface area contributed by atoms with Crippen LogP contribution < -0.4 is 0 Å². The maximum Gasteiger partial charge on any atom is 0.187 e. The first-order chi connectivity index (χ1) is 13.3. The molecule has 0 saturated carbocycles. The zero-order chi connectivity index (χ0) is 22.0. The lowest BCUT2D eigenvalue weighted by Crippen LogP contribution is -2.60. The number of aliphatic hydroxyl groups excluding tert-OH is 4. The summed E-state index contributed by atoms with van der Waals surface area (Å²) in [5.74, 6) is 0. The van der Waals surface area contributed by atoms with E-state index in [2.05, 4.69) is 6.58 Å². The maximum atomic E-state index is 10.2. The van der Waals surface area contributed by atoms with Crippen LogP contribution in [0.2, 0.25) is 0 Å². The zero-order valence-corrected chi connectivity index (χ0v) is 17.7. The highest BCUT2D eigenvalue weighted by Crippen LogP contribution is 2.36. The summed E-state index contributed by atoms with van der Waals surface area (Å²) >= 11 is 0. The normalized spacial score (nSPS) is 40.9. The van der Waals surface area contributed by atoms with Crippen molar-refractivity contribution in [3.63, 3.8) is 0 Å². The Balaban J connectivity index is 2.01. The molecule has 0 unspecified atom stereocenters. The molecule has 5 N–H and O–H groups in total. The monoisotopic (exact) mass is 416 g/mol. The second kappa shape index (κ2) is 9.11. The lowest BCUT2D eigenvalue weighted by atomic mass is 9.95. The van der Waals surface area contributed by atoms with Gasteiger partial charge in [-0.1, -0.05) is 18.2 Å². The van der Waals surface area contributed by atoms with Gasteiger partial charge in [-0.25, -0.2) is 0 Å². The molecule has 8 atom stereocenters. The third-order valence-corrected chi connectivity index (χ3v) is 5.76. The van der Waals surface area contributed by atoms with Gasteiger partial charge in [0, 0.05) is 0 Å². The van der Waals surface area contributed by atoms with E-state index in [0.29, 0.717) is 6.42 Å². The molecule has 2 rings (SSSR count). The lowest BCUT2D eigenvalue weighted by molar-refractivity contribution is -0.319. The smallest absolute Gasteiger partial charge is 0.187 e. The number of hydrogen-bond acceptors (Lipinski definition) is 8. The summed E-state index contributed by atoms with van der Waals surface area (Å²) in [6.07, 6.45) is 0.373. The molecule has 0 aliphatic carbocycles.